The molecule has 2 aromatic rings. The Labute approximate surface area is 134 Å². The third kappa shape index (κ3) is 3.32. The van der Waals surface area contributed by atoms with Crippen LogP contribution in [0.4, 0.5) is 5.82 Å². The molecule has 0 spiro atoms. The first kappa shape index (κ1) is 16.1. The van der Waals surface area contributed by atoms with Gasteiger partial charge in [-0.25, -0.2) is 0 Å². The molecule has 2 aromatic heterocycles. The van der Waals surface area contributed by atoms with Gasteiger partial charge in [0.2, 0.25) is 5.91 Å². The predicted molar refractivity (Wildman–Crippen MR) is 81.1 cm³/mol. The highest BCUT2D eigenvalue weighted by atomic mass is 79.9. The molecule has 0 aliphatic rings. The predicted octanol–water partition coefficient (Wildman–Crippen LogP) is 1.22. The molecule has 10 heteroatoms. The van der Waals surface area contributed by atoms with E-state index in [4.69, 9.17) is 0 Å². The summed E-state index contributed by atoms with van der Waals surface area (Å²) in [6.07, 6.45) is 1.83. The lowest BCUT2D eigenvalue weighted by molar-refractivity contribution is -0.390. The molecular weight excluding hydrogens is 356 g/mol. The number of halogens is 1. The number of hydrogen-bond acceptors (Lipinski definition) is 5. The number of nitrogens with one attached hydrogen (secondary N) is 1. The zero-order valence-electron chi connectivity index (χ0n) is 12.3. The summed E-state index contributed by atoms with van der Waals surface area (Å²) in [7, 11) is 1.81. The van der Waals surface area contributed by atoms with Gasteiger partial charge in [0, 0.05) is 25.4 Å². The van der Waals surface area contributed by atoms with E-state index in [1.165, 1.54) is 4.68 Å². The van der Waals surface area contributed by atoms with E-state index in [9.17, 15) is 14.9 Å². The van der Waals surface area contributed by atoms with Crippen molar-refractivity contribution in [2.75, 3.05) is 0 Å². The van der Waals surface area contributed by atoms with Crippen LogP contribution in [0, 0.1) is 24.0 Å². The van der Waals surface area contributed by atoms with E-state index in [0.717, 1.165) is 11.3 Å². The maximum atomic E-state index is 12.0. The fourth-order valence-corrected chi connectivity index (χ4v) is 2.42. The van der Waals surface area contributed by atoms with Crippen molar-refractivity contribution >= 4 is 27.7 Å². The van der Waals surface area contributed by atoms with Crippen LogP contribution in [-0.2, 0) is 24.9 Å². The number of aromatic nitrogens is 4. The van der Waals surface area contributed by atoms with Crippen LogP contribution in [0.1, 0.15) is 17.0 Å². The lowest BCUT2D eigenvalue weighted by Crippen LogP contribution is -2.28. The van der Waals surface area contributed by atoms with Gasteiger partial charge in [0.15, 0.2) is 0 Å². The molecule has 2 heterocycles. The molecule has 22 heavy (non-hydrogen) atoms. The Hall–Kier alpha value is -2.23. The molecule has 1 N–H and O–H groups in total. The Bertz CT molecular complexity index is 736. The number of hydrogen-bond donors (Lipinski definition) is 1. The number of carbonyl (C=O) groups excluding carboxylic acids is 1. The van der Waals surface area contributed by atoms with Crippen molar-refractivity contribution in [2.45, 2.75) is 26.9 Å². The second-order valence-corrected chi connectivity index (χ2v) is 5.62. The third-order valence-corrected chi connectivity index (χ3v) is 4.10. The zero-order chi connectivity index (χ0) is 16.4. The molecule has 0 bridgehead atoms. The van der Waals surface area contributed by atoms with Crippen LogP contribution in [0.3, 0.4) is 0 Å². The molecule has 9 nitrogen and oxygen atoms in total. The van der Waals surface area contributed by atoms with E-state index in [-0.39, 0.29) is 22.7 Å². The van der Waals surface area contributed by atoms with Gasteiger partial charge in [-0.1, -0.05) is 0 Å². The minimum Gasteiger partial charge on any atom is -0.358 e. The van der Waals surface area contributed by atoms with Crippen molar-refractivity contribution in [3.63, 3.8) is 0 Å². The average Bonchev–Trinajstić information content (AvgIpc) is 2.90. The molecule has 0 atom stereocenters. The van der Waals surface area contributed by atoms with Gasteiger partial charge in [-0.15, -0.1) is 0 Å². The summed E-state index contributed by atoms with van der Waals surface area (Å²) in [6.45, 7) is 3.78. The largest absolute Gasteiger partial charge is 0.404 e. The van der Waals surface area contributed by atoms with Gasteiger partial charge in [-0.05, 0) is 34.7 Å². The van der Waals surface area contributed by atoms with Gasteiger partial charge in [-0.2, -0.15) is 9.78 Å². The average molecular weight is 371 g/mol. The second kappa shape index (κ2) is 6.26. The van der Waals surface area contributed by atoms with Crippen molar-refractivity contribution in [2.24, 2.45) is 7.05 Å². The lowest BCUT2D eigenvalue weighted by Gasteiger charge is -2.03. The summed E-state index contributed by atoms with van der Waals surface area (Å²) in [5.41, 5.74) is 2.29. The highest BCUT2D eigenvalue weighted by Crippen LogP contribution is 2.26. The smallest absolute Gasteiger partial charge is 0.358 e. The molecule has 118 valence electrons. The maximum absolute atomic E-state index is 12.0. The molecule has 0 aromatic carbocycles. The Morgan fingerprint density at radius 1 is 1.45 bits per heavy atom. The van der Waals surface area contributed by atoms with Gasteiger partial charge >= 0.3 is 5.82 Å². The van der Waals surface area contributed by atoms with E-state index in [2.05, 4.69) is 31.4 Å². The fraction of sp³-hybridized carbons (Fsp3) is 0.417. The summed E-state index contributed by atoms with van der Waals surface area (Å²) in [6, 6.07) is 0. The van der Waals surface area contributed by atoms with E-state index >= 15 is 0 Å². The first-order chi connectivity index (χ1) is 10.3. The topological polar surface area (TPSA) is 108 Å². The number of aryl methyl sites for hydroxylation is 2. The van der Waals surface area contributed by atoms with Gasteiger partial charge in [0.1, 0.15) is 11.0 Å². The van der Waals surface area contributed by atoms with Crippen LogP contribution in [0.25, 0.3) is 0 Å². The lowest BCUT2D eigenvalue weighted by atomic mass is 10.2. The van der Waals surface area contributed by atoms with Crippen LogP contribution in [0.5, 0.6) is 0 Å². The summed E-state index contributed by atoms with van der Waals surface area (Å²) in [5, 5.41) is 21.6. The van der Waals surface area contributed by atoms with Crippen molar-refractivity contribution in [3.05, 3.63) is 37.7 Å². The first-order valence-corrected chi connectivity index (χ1v) is 7.22. The van der Waals surface area contributed by atoms with Gasteiger partial charge in [-0.3, -0.25) is 9.48 Å². The quantitative estimate of drug-likeness (QED) is 0.628. The normalized spacial score (nSPS) is 10.7. The Balaban J connectivity index is 2.02. The van der Waals surface area contributed by atoms with Crippen molar-refractivity contribution in [1.29, 1.82) is 0 Å². The second-order valence-electron chi connectivity index (χ2n) is 4.83. The summed E-state index contributed by atoms with van der Waals surface area (Å²) < 4.78 is 3.26. The molecule has 0 unspecified atom stereocenters. The van der Waals surface area contributed by atoms with Crippen LogP contribution in [0.15, 0.2) is 10.7 Å². The molecule has 0 saturated carbocycles. The standard InChI is InChI=1S/C12H15BrN6O3/c1-7-9(5-17(3)15-7)4-14-10(20)6-18-8(2)11(13)12(16-18)19(21)22/h5H,4,6H2,1-3H3,(H,14,20). The minimum atomic E-state index is -0.593. The molecule has 0 aliphatic carbocycles. The SMILES string of the molecule is Cc1nn(C)cc1CNC(=O)Cn1nc([N+](=O)[O-])c(Br)c1C. The highest BCUT2D eigenvalue weighted by molar-refractivity contribution is 9.10. The first-order valence-electron chi connectivity index (χ1n) is 6.42. The summed E-state index contributed by atoms with van der Waals surface area (Å²) in [5.74, 6) is -0.579. The van der Waals surface area contributed by atoms with Crippen LogP contribution in [-0.4, -0.2) is 30.4 Å². The van der Waals surface area contributed by atoms with Crippen molar-refractivity contribution in [3.8, 4) is 0 Å². The summed E-state index contributed by atoms with van der Waals surface area (Å²) in [4.78, 5) is 22.2. The summed E-state index contributed by atoms with van der Waals surface area (Å²) >= 11 is 3.11. The van der Waals surface area contributed by atoms with E-state index in [0.29, 0.717) is 12.2 Å². The van der Waals surface area contributed by atoms with Crippen molar-refractivity contribution in [1.82, 2.24) is 24.9 Å². The van der Waals surface area contributed by atoms with E-state index in [1.807, 2.05) is 20.2 Å². The van der Waals surface area contributed by atoms with E-state index in [1.54, 1.807) is 11.6 Å². The molecule has 2 rings (SSSR count). The molecular formula is C12H15BrN6O3. The van der Waals surface area contributed by atoms with E-state index < -0.39 is 4.92 Å². The minimum absolute atomic E-state index is 0.0857. The van der Waals surface area contributed by atoms with Crippen LogP contribution >= 0.6 is 15.9 Å². The Morgan fingerprint density at radius 3 is 2.64 bits per heavy atom. The highest BCUT2D eigenvalue weighted by Gasteiger charge is 2.24. The van der Waals surface area contributed by atoms with Crippen LogP contribution in [0.2, 0.25) is 0 Å². The molecule has 0 fully saturated rings. The van der Waals surface area contributed by atoms with Gasteiger partial charge in [0.05, 0.1) is 16.5 Å². The van der Waals surface area contributed by atoms with Gasteiger partial charge in [0.25, 0.3) is 0 Å². The number of amides is 1. The molecule has 0 radical (unpaired) electrons. The number of nitrogens with zero attached hydrogens (tertiary/aromatic N) is 5. The molecule has 0 aliphatic heterocycles. The van der Waals surface area contributed by atoms with Crippen LogP contribution < -0.4 is 5.32 Å². The Kier molecular flexibility index (Phi) is 4.59. The zero-order valence-corrected chi connectivity index (χ0v) is 13.9. The number of nitro groups is 1. The maximum Gasteiger partial charge on any atom is 0.404 e. The number of rotatable bonds is 5. The monoisotopic (exact) mass is 370 g/mol. The van der Waals surface area contributed by atoms with Crippen molar-refractivity contribution < 1.29 is 9.72 Å². The third-order valence-electron chi connectivity index (χ3n) is 3.17. The fourth-order valence-electron chi connectivity index (χ4n) is 1.99. The molecule has 1 amide bonds. The Morgan fingerprint density at radius 2 is 2.14 bits per heavy atom. The van der Waals surface area contributed by atoms with Gasteiger partial charge < -0.3 is 15.4 Å². The number of carbonyl (C=O) groups is 1. The molecule has 0 saturated heterocycles.